The molecule has 1 nitrogen and oxygen atoms in total. The van der Waals surface area contributed by atoms with Crippen LogP contribution >= 0.6 is 0 Å². The van der Waals surface area contributed by atoms with Crippen molar-refractivity contribution in [1.29, 1.82) is 0 Å². The summed E-state index contributed by atoms with van der Waals surface area (Å²) in [6.45, 7) is 2.28. The summed E-state index contributed by atoms with van der Waals surface area (Å²) in [7, 11) is 1.85. The van der Waals surface area contributed by atoms with E-state index in [4.69, 9.17) is 4.74 Å². The Morgan fingerprint density at radius 1 is 0.850 bits per heavy atom. The van der Waals surface area contributed by atoms with Crippen molar-refractivity contribution in [3.8, 4) is 0 Å². The molecule has 0 spiro atoms. The highest BCUT2D eigenvalue weighted by atomic mass is 16.5. The van der Waals surface area contributed by atoms with Gasteiger partial charge in [0.05, 0.1) is 6.10 Å². The smallest absolute Gasteiger partial charge is 0.0611 e. The minimum absolute atomic E-state index is 0.387. The minimum atomic E-state index is 0.387. The molecule has 1 aromatic rings. The third kappa shape index (κ3) is 8.37. The van der Waals surface area contributed by atoms with Crippen LogP contribution in [0.1, 0.15) is 70.3 Å². The summed E-state index contributed by atoms with van der Waals surface area (Å²) in [4.78, 5) is 0. The molecule has 1 atom stereocenters. The van der Waals surface area contributed by atoms with Gasteiger partial charge in [0, 0.05) is 7.11 Å². The van der Waals surface area contributed by atoms with Crippen LogP contribution in [0.15, 0.2) is 30.3 Å². The van der Waals surface area contributed by atoms with Crippen LogP contribution in [0, 0.1) is 0 Å². The minimum Gasteiger partial charge on any atom is -0.381 e. The van der Waals surface area contributed by atoms with Crippen LogP contribution in [0.2, 0.25) is 0 Å². The van der Waals surface area contributed by atoms with E-state index in [9.17, 15) is 0 Å². The van der Waals surface area contributed by atoms with Crippen LogP contribution in [0.3, 0.4) is 0 Å². The molecule has 0 aromatic heterocycles. The summed E-state index contributed by atoms with van der Waals surface area (Å²) in [6, 6.07) is 10.7. The number of ether oxygens (including phenoxy) is 1. The molecule has 1 unspecified atom stereocenters. The van der Waals surface area contributed by atoms with Crippen molar-refractivity contribution < 1.29 is 4.74 Å². The average molecular weight is 276 g/mol. The number of benzene rings is 1. The molecule has 1 aromatic carbocycles. The Morgan fingerprint density at radius 3 is 2.05 bits per heavy atom. The first-order chi connectivity index (χ1) is 9.86. The molecule has 114 valence electrons. The van der Waals surface area contributed by atoms with Crippen molar-refractivity contribution in [2.75, 3.05) is 7.11 Å². The third-order valence-corrected chi connectivity index (χ3v) is 4.02. The Bertz CT molecular complexity index is 307. The summed E-state index contributed by atoms with van der Waals surface area (Å²) in [5.74, 6) is 0. The van der Waals surface area contributed by atoms with Crippen LogP contribution in [0.5, 0.6) is 0 Å². The molecule has 0 fully saturated rings. The largest absolute Gasteiger partial charge is 0.381 e. The van der Waals surface area contributed by atoms with E-state index in [1.807, 2.05) is 7.11 Å². The standard InChI is InChI=1S/C19H32O/c1-3-4-5-6-7-8-9-13-16-19(20-2)17-18-14-11-10-12-15-18/h10-12,14-15,19H,3-9,13,16-17H2,1-2H3. The summed E-state index contributed by atoms with van der Waals surface area (Å²) >= 11 is 0. The molecule has 0 radical (unpaired) electrons. The molecule has 0 bridgehead atoms. The van der Waals surface area contributed by atoms with Gasteiger partial charge in [0.25, 0.3) is 0 Å². The highest BCUT2D eigenvalue weighted by Gasteiger charge is 2.07. The number of hydrogen-bond donors (Lipinski definition) is 0. The molecule has 1 rings (SSSR count). The second-order valence-corrected chi connectivity index (χ2v) is 5.81. The zero-order valence-corrected chi connectivity index (χ0v) is 13.4. The van der Waals surface area contributed by atoms with Crippen LogP contribution in [-0.4, -0.2) is 13.2 Å². The van der Waals surface area contributed by atoms with E-state index in [1.54, 1.807) is 0 Å². The first-order valence-corrected chi connectivity index (χ1v) is 8.43. The molecule has 0 saturated carbocycles. The maximum absolute atomic E-state index is 5.61. The van der Waals surface area contributed by atoms with Crippen molar-refractivity contribution >= 4 is 0 Å². The fraction of sp³-hybridized carbons (Fsp3) is 0.684. The van der Waals surface area contributed by atoms with E-state index in [0.29, 0.717) is 6.10 Å². The van der Waals surface area contributed by atoms with E-state index in [2.05, 4.69) is 37.3 Å². The summed E-state index contributed by atoms with van der Waals surface area (Å²) < 4.78 is 5.61. The Hall–Kier alpha value is -0.820. The van der Waals surface area contributed by atoms with Gasteiger partial charge in [-0.15, -0.1) is 0 Å². The lowest BCUT2D eigenvalue weighted by atomic mass is 10.0. The van der Waals surface area contributed by atoms with E-state index < -0.39 is 0 Å². The molecule has 0 amide bonds. The number of hydrogen-bond acceptors (Lipinski definition) is 1. The number of methoxy groups -OCH3 is 1. The molecule has 0 aliphatic heterocycles. The van der Waals surface area contributed by atoms with Gasteiger partial charge in [0.2, 0.25) is 0 Å². The fourth-order valence-electron chi connectivity index (χ4n) is 2.69. The summed E-state index contributed by atoms with van der Waals surface area (Å²) in [5, 5.41) is 0. The van der Waals surface area contributed by atoms with Gasteiger partial charge in [-0.25, -0.2) is 0 Å². The maximum atomic E-state index is 5.61. The van der Waals surface area contributed by atoms with Gasteiger partial charge < -0.3 is 4.74 Å². The van der Waals surface area contributed by atoms with E-state index in [0.717, 1.165) is 6.42 Å². The van der Waals surface area contributed by atoms with E-state index >= 15 is 0 Å². The number of unbranched alkanes of at least 4 members (excludes halogenated alkanes) is 7. The first-order valence-electron chi connectivity index (χ1n) is 8.43. The molecular weight excluding hydrogens is 244 g/mol. The van der Waals surface area contributed by atoms with Crippen molar-refractivity contribution in [3.05, 3.63) is 35.9 Å². The van der Waals surface area contributed by atoms with Crippen molar-refractivity contribution in [2.24, 2.45) is 0 Å². The van der Waals surface area contributed by atoms with Gasteiger partial charge in [-0.2, -0.15) is 0 Å². The normalized spacial score (nSPS) is 12.5. The van der Waals surface area contributed by atoms with E-state index in [-0.39, 0.29) is 0 Å². The highest BCUT2D eigenvalue weighted by Crippen LogP contribution is 2.14. The molecule has 0 heterocycles. The molecule has 20 heavy (non-hydrogen) atoms. The predicted molar refractivity (Wildman–Crippen MR) is 88.2 cm³/mol. The fourth-order valence-corrected chi connectivity index (χ4v) is 2.69. The molecule has 0 aliphatic carbocycles. The lowest BCUT2D eigenvalue weighted by Gasteiger charge is -2.15. The second-order valence-electron chi connectivity index (χ2n) is 5.81. The van der Waals surface area contributed by atoms with Crippen LogP contribution in [0.4, 0.5) is 0 Å². The van der Waals surface area contributed by atoms with Gasteiger partial charge in [-0.1, -0.05) is 88.6 Å². The summed E-state index contributed by atoms with van der Waals surface area (Å²) in [6.07, 6.45) is 13.7. The Kier molecular flexibility index (Phi) is 10.3. The van der Waals surface area contributed by atoms with Crippen molar-refractivity contribution in [2.45, 2.75) is 77.2 Å². The van der Waals surface area contributed by atoms with Crippen LogP contribution in [0.25, 0.3) is 0 Å². The highest BCUT2D eigenvalue weighted by molar-refractivity contribution is 5.15. The van der Waals surface area contributed by atoms with Gasteiger partial charge in [0.1, 0.15) is 0 Å². The third-order valence-electron chi connectivity index (χ3n) is 4.02. The van der Waals surface area contributed by atoms with Crippen molar-refractivity contribution in [1.82, 2.24) is 0 Å². The zero-order chi connectivity index (χ0) is 14.5. The topological polar surface area (TPSA) is 9.23 Å². The maximum Gasteiger partial charge on any atom is 0.0611 e. The Balaban J connectivity index is 2.04. The molecule has 0 aliphatic rings. The van der Waals surface area contributed by atoms with E-state index in [1.165, 1.54) is 63.4 Å². The van der Waals surface area contributed by atoms with Crippen LogP contribution < -0.4 is 0 Å². The monoisotopic (exact) mass is 276 g/mol. The van der Waals surface area contributed by atoms with Gasteiger partial charge in [-0.05, 0) is 18.4 Å². The SMILES string of the molecule is CCCCCCCCCCC(Cc1ccccc1)OC. The average Bonchev–Trinajstić information content (AvgIpc) is 2.49. The zero-order valence-electron chi connectivity index (χ0n) is 13.4. The lowest BCUT2D eigenvalue weighted by Crippen LogP contribution is -2.13. The molecule has 1 heteroatoms. The molecule has 0 N–H and O–H groups in total. The Morgan fingerprint density at radius 2 is 1.45 bits per heavy atom. The first kappa shape index (κ1) is 17.2. The quantitative estimate of drug-likeness (QED) is 0.440. The van der Waals surface area contributed by atoms with Crippen LogP contribution in [-0.2, 0) is 11.2 Å². The molecule has 0 saturated heterocycles. The van der Waals surface area contributed by atoms with Gasteiger partial charge in [-0.3, -0.25) is 0 Å². The predicted octanol–water partition coefficient (Wildman–Crippen LogP) is 5.77. The Labute approximate surface area is 125 Å². The lowest BCUT2D eigenvalue weighted by molar-refractivity contribution is 0.0930. The van der Waals surface area contributed by atoms with Gasteiger partial charge in [0.15, 0.2) is 0 Å². The molecular formula is C19H32O. The van der Waals surface area contributed by atoms with Crippen molar-refractivity contribution in [3.63, 3.8) is 0 Å². The summed E-state index contributed by atoms with van der Waals surface area (Å²) in [5.41, 5.74) is 1.39. The van der Waals surface area contributed by atoms with Gasteiger partial charge >= 0.3 is 0 Å². The second kappa shape index (κ2) is 12.0. The number of rotatable bonds is 12.